The molecule has 0 radical (unpaired) electrons. The number of piperazine rings is 1. The quantitative estimate of drug-likeness (QED) is 0.805. The van der Waals surface area contributed by atoms with Crippen LogP contribution in [0.2, 0.25) is 0 Å². The minimum atomic E-state index is -3.63. The Labute approximate surface area is 167 Å². The maximum Gasteiger partial charge on any atom is 0.243 e. The molecule has 28 heavy (non-hydrogen) atoms. The van der Waals surface area contributed by atoms with Crippen molar-refractivity contribution in [2.45, 2.75) is 44.0 Å². The van der Waals surface area contributed by atoms with Gasteiger partial charge in [-0.1, -0.05) is 26.7 Å². The summed E-state index contributed by atoms with van der Waals surface area (Å²) in [6.07, 6.45) is 3.40. The van der Waals surface area contributed by atoms with E-state index in [0.29, 0.717) is 44.6 Å². The molecule has 1 amide bonds. The van der Waals surface area contributed by atoms with Gasteiger partial charge in [0, 0.05) is 32.2 Å². The van der Waals surface area contributed by atoms with Crippen molar-refractivity contribution < 1.29 is 17.6 Å². The standard InChI is InChI=1S/C20H30FN3O3S/c1-15-4-3-5-19(16(15)2)22-20(25)14-23-10-12-24(13-11-23)28(26,27)18-8-6-17(21)7-9-18/h6-9,15-16,19H,3-5,10-14H2,1-2H3,(H,22,25)/t15-,16+,19+/m0/s1. The van der Waals surface area contributed by atoms with Crippen molar-refractivity contribution in [3.8, 4) is 0 Å². The molecule has 1 N–H and O–H groups in total. The van der Waals surface area contributed by atoms with Crippen molar-refractivity contribution >= 4 is 15.9 Å². The first-order chi connectivity index (χ1) is 13.3. The molecular formula is C20H30FN3O3S. The van der Waals surface area contributed by atoms with Gasteiger partial charge in [-0.2, -0.15) is 4.31 Å². The van der Waals surface area contributed by atoms with Gasteiger partial charge in [0.05, 0.1) is 11.4 Å². The van der Waals surface area contributed by atoms with Crippen molar-refractivity contribution in [2.24, 2.45) is 11.8 Å². The monoisotopic (exact) mass is 411 g/mol. The van der Waals surface area contributed by atoms with Crippen LogP contribution in [-0.2, 0) is 14.8 Å². The Morgan fingerprint density at radius 3 is 2.39 bits per heavy atom. The van der Waals surface area contributed by atoms with E-state index >= 15 is 0 Å². The molecule has 1 aliphatic carbocycles. The zero-order valence-electron chi connectivity index (χ0n) is 16.6. The Morgan fingerprint density at radius 1 is 1.11 bits per heavy atom. The Morgan fingerprint density at radius 2 is 1.75 bits per heavy atom. The number of rotatable bonds is 5. The lowest BCUT2D eigenvalue weighted by molar-refractivity contribution is -0.124. The lowest BCUT2D eigenvalue weighted by Crippen LogP contribution is -2.52. The van der Waals surface area contributed by atoms with E-state index in [4.69, 9.17) is 0 Å². The lowest BCUT2D eigenvalue weighted by Gasteiger charge is -2.36. The molecule has 1 aromatic carbocycles. The average molecular weight is 412 g/mol. The van der Waals surface area contributed by atoms with Gasteiger partial charge in [0.15, 0.2) is 0 Å². The molecule has 1 heterocycles. The highest BCUT2D eigenvalue weighted by Crippen LogP contribution is 2.29. The topological polar surface area (TPSA) is 69.7 Å². The molecule has 8 heteroatoms. The Hall–Kier alpha value is -1.51. The van der Waals surface area contributed by atoms with Crippen LogP contribution in [0.4, 0.5) is 4.39 Å². The summed E-state index contributed by atoms with van der Waals surface area (Å²) >= 11 is 0. The molecule has 2 fully saturated rings. The molecule has 0 spiro atoms. The summed E-state index contributed by atoms with van der Waals surface area (Å²) in [6, 6.07) is 5.12. The number of carbonyl (C=O) groups is 1. The number of benzene rings is 1. The van der Waals surface area contributed by atoms with E-state index in [1.807, 2.05) is 4.90 Å². The van der Waals surface area contributed by atoms with E-state index in [1.165, 1.54) is 22.9 Å². The highest BCUT2D eigenvalue weighted by molar-refractivity contribution is 7.89. The minimum absolute atomic E-state index is 0.0146. The number of hydrogen-bond acceptors (Lipinski definition) is 4. The molecule has 3 rings (SSSR count). The number of halogens is 1. The van der Waals surface area contributed by atoms with Crippen LogP contribution in [0.25, 0.3) is 0 Å². The summed E-state index contributed by atoms with van der Waals surface area (Å²) in [5.74, 6) is 0.659. The maximum absolute atomic E-state index is 13.1. The van der Waals surface area contributed by atoms with Crippen LogP contribution in [0.5, 0.6) is 0 Å². The van der Waals surface area contributed by atoms with Crippen molar-refractivity contribution in [2.75, 3.05) is 32.7 Å². The minimum Gasteiger partial charge on any atom is -0.352 e. The molecule has 0 unspecified atom stereocenters. The summed E-state index contributed by atoms with van der Waals surface area (Å²) < 4.78 is 39.8. The zero-order valence-corrected chi connectivity index (χ0v) is 17.4. The number of amides is 1. The average Bonchev–Trinajstić information content (AvgIpc) is 2.66. The Bertz CT molecular complexity index is 776. The van der Waals surface area contributed by atoms with E-state index < -0.39 is 15.8 Å². The summed E-state index contributed by atoms with van der Waals surface area (Å²) in [7, 11) is -3.63. The van der Waals surface area contributed by atoms with Crippen LogP contribution in [0.1, 0.15) is 33.1 Å². The number of hydrogen-bond donors (Lipinski definition) is 1. The molecule has 1 aromatic rings. The smallest absolute Gasteiger partial charge is 0.243 e. The van der Waals surface area contributed by atoms with Gasteiger partial charge in [-0.25, -0.2) is 12.8 Å². The van der Waals surface area contributed by atoms with Gasteiger partial charge in [-0.05, 0) is 42.5 Å². The first-order valence-electron chi connectivity index (χ1n) is 10.0. The zero-order chi connectivity index (χ0) is 20.3. The van der Waals surface area contributed by atoms with E-state index in [0.717, 1.165) is 25.0 Å². The fourth-order valence-corrected chi connectivity index (χ4v) is 5.55. The van der Waals surface area contributed by atoms with Gasteiger partial charge in [-0.15, -0.1) is 0 Å². The number of carbonyl (C=O) groups excluding carboxylic acids is 1. The first-order valence-corrected chi connectivity index (χ1v) is 11.5. The van der Waals surface area contributed by atoms with Crippen LogP contribution in [0, 0.1) is 17.7 Å². The molecule has 0 bridgehead atoms. The van der Waals surface area contributed by atoms with Crippen LogP contribution >= 0.6 is 0 Å². The van der Waals surface area contributed by atoms with Gasteiger partial charge in [0.1, 0.15) is 5.82 Å². The molecular weight excluding hydrogens is 381 g/mol. The molecule has 3 atom stereocenters. The van der Waals surface area contributed by atoms with Crippen molar-refractivity contribution in [3.05, 3.63) is 30.1 Å². The normalized spacial score (nSPS) is 27.5. The van der Waals surface area contributed by atoms with Crippen molar-refractivity contribution in [1.29, 1.82) is 0 Å². The lowest BCUT2D eigenvalue weighted by atomic mass is 9.78. The first kappa shape index (κ1) is 21.2. The van der Waals surface area contributed by atoms with Crippen LogP contribution in [-0.4, -0.2) is 62.3 Å². The second-order valence-electron chi connectivity index (χ2n) is 8.08. The van der Waals surface area contributed by atoms with Crippen molar-refractivity contribution in [3.63, 3.8) is 0 Å². The molecule has 2 aliphatic rings. The second kappa shape index (κ2) is 8.88. The summed E-state index contributed by atoms with van der Waals surface area (Å²) in [5.41, 5.74) is 0. The highest BCUT2D eigenvalue weighted by atomic mass is 32.2. The van der Waals surface area contributed by atoms with Crippen molar-refractivity contribution in [1.82, 2.24) is 14.5 Å². The van der Waals surface area contributed by atoms with Crippen LogP contribution < -0.4 is 5.32 Å². The van der Waals surface area contributed by atoms with E-state index in [9.17, 15) is 17.6 Å². The number of nitrogens with one attached hydrogen (secondary N) is 1. The van der Waals surface area contributed by atoms with Crippen LogP contribution in [0.15, 0.2) is 29.2 Å². The third-order valence-electron chi connectivity index (χ3n) is 6.20. The van der Waals surface area contributed by atoms with Gasteiger partial charge < -0.3 is 5.32 Å². The van der Waals surface area contributed by atoms with E-state index in [1.54, 1.807) is 0 Å². The summed E-state index contributed by atoms with van der Waals surface area (Å²) in [6.45, 7) is 6.39. The summed E-state index contributed by atoms with van der Waals surface area (Å²) in [4.78, 5) is 14.5. The summed E-state index contributed by atoms with van der Waals surface area (Å²) in [5, 5.41) is 3.17. The van der Waals surface area contributed by atoms with E-state index in [-0.39, 0.29) is 16.8 Å². The van der Waals surface area contributed by atoms with Gasteiger partial charge in [-0.3, -0.25) is 9.69 Å². The largest absolute Gasteiger partial charge is 0.352 e. The number of sulfonamides is 1. The molecule has 156 valence electrons. The SMILES string of the molecule is C[C@@H]1[C@@H](C)CCC[C@H]1NC(=O)CN1CCN(S(=O)(=O)c2ccc(F)cc2)CC1. The fraction of sp³-hybridized carbons (Fsp3) is 0.650. The second-order valence-corrected chi connectivity index (χ2v) is 10.0. The van der Waals surface area contributed by atoms with Gasteiger partial charge >= 0.3 is 0 Å². The highest BCUT2D eigenvalue weighted by Gasteiger charge is 2.31. The Balaban J connectivity index is 1.50. The predicted octanol–water partition coefficient (Wildman–Crippen LogP) is 2.07. The third kappa shape index (κ3) is 4.90. The molecule has 0 aromatic heterocycles. The Kier molecular flexibility index (Phi) is 6.73. The van der Waals surface area contributed by atoms with E-state index in [2.05, 4.69) is 19.2 Å². The molecule has 1 saturated heterocycles. The van der Waals surface area contributed by atoms with Crippen LogP contribution in [0.3, 0.4) is 0 Å². The molecule has 1 aliphatic heterocycles. The molecule has 6 nitrogen and oxygen atoms in total. The third-order valence-corrected chi connectivity index (χ3v) is 8.12. The molecule has 1 saturated carbocycles. The predicted molar refractivity (Wildman–Crippen MR) is 106 cm³/mol. The fourth-order valence-electron chi connectivity index (χ4n) is 4.12. The number of nitrogens with zero attached hydrogens (tertiary/aromatic N) is 2. The van der Waals surface area contributed by atoms with Gasteiger partial charge in [0.25, 0.3) is 0 Å². The maximum atomic E-state index is 13.1. The van der Waals surface area contributed by atoms with Gasteiger partial charge in [0.2, 0.25) is 15.9 Å².